The Bertz CT molecular complexity index is 1130. The SMILES string of the molecule is C=N/C(C)=C\C(NC(=O)c1cc(C(F)(F)F)nn1-c1ccccc1C)=C1\C=CC=CC1. The third kappa shape index (κ3) is 5.09. The zero-order valence-corrected chi connectivity index (χ0v) is 17.1. The second kappa shape index (κ2) is 8.99. The molecule has 0 saturated heterocycles. The van der Waals surface area contributed by atoms with Crippen LogP contribution >= 0.6 is 0 Å². The van der Waals surface area contributed by atoms with Gasteiger partial charge in [-0.2, -0.15) is 18.3 Å². The summed E-state index contributed by atoms with van der Waals surface area (Å²) in [5.74, 6) is -0.718. The molecule has 1 aromatic heterocycles. The van der Waals surface area contributed by atoms with Gasteiger partial charge >= 0.3 is 6.18 Å². The molecule has 1 amide bonds. The second-order valence-electron chi connectivity index (χ2n) is 6.94. The van der Waals surface area contributed by atoms with Crippen LogP contribution < -0.4 is 5.32 Å². The quantitative estimate of drug-likeness (QED) is 0.660. The molecule has 1 aliphatic carbocycles. The van der Waals surface area contributed by atoms with E-state index in [9.17, 15) is 18.0 Å². The number of allylic oxidation sites excluding steroid dienone is 7. The molecule has 0 bridgehead atoms. The number of benzene rings is 1. The van der Waals surface area contributed by atoms with Crippen molar-refractivity contribution >= 4 is 12.6 Å². The van der Waals surface area contributed by atoms with E-state index in [4.69, 9.17) is 0 Å². The Morgan fingerprint density at radius 3 is 2.65 bits per heavy atom. The summed E-state index contributed by atoms with van der Waals surface area (Å²) >= 11 is 0. The van der Waals surface area contributed by atoms with Gasteiger partial charge in [0.2, 0.25) is 0 Å². The van der Waals surface area contributed by atoms with Crippen molar-refractivity contribution in [2.24, 2.45) is 4.99 Å². The van der Waals surface area contributed by atoms with Crippen molar-refractivity contribution in [1.29, 1.82) is 0 Å². The molecule has 0 atom stereocenters. The van der Waals surface area contributed by atoms with Crippen molar-refractivity contribution in [3.05, 3.63) is 94.6 Å². The number of nitrogens with one attached hydrogen (secondary N) is 1. The Morgan fingerprint density at radius 2 is 2.03 bits per heavy atom. The number of carbonyl (C=O) groups is 1. The van der Waals surface area contributed by atoms with Crippen LogP contribution in [-0.4, -0.2) is 22.4 Å². The fraction of sp³-hybridized carbons (Fsp3) is 0.174. The lowest BCUT2D eigenvalue weighted by Gasteiger charge is -2.14. The van der Waals surface area contributed by atoms with Crippen LogP contribution in [0.2, 0.25) is 0 Å². The lowest BCUT2D eigenvalue weighted by atomic mass is 10.0. The van der Waals surface area contributed by atoms with E-state index in [0.29, 0.717) is 29.1 Å². The van der Waals surface area contributed by atoms with Gasteiger partial charge in [-0.15, -0.1) is 0 Å². The monoisotopic (exact) mass is 426 g/mol. The van der Waals surface area contributed by atoms with Crippen LogP contribution in [0.25, 0.3) is 5.69 Å². The van der Waals surface area contributed by atoms with Crippen molar-refractivity contribution < 1.29 is 18.0 Å². The molecule has 1 aromatic carbocycles. The van der Waals surface area contributed by atoms with E-state index in [1.165, 1.54) is 0 Å². The minimum Gasteiger partial charge on any atom is -0.320 e. The Hall–Kier alpha value is -3.68. The molecule has 0 aliphatic heterocycles. The van der Waals surface area contributed by atoms with E-state index < -0.39 is 17.8 Å². The zero-order valence-electron chi connectivity index (χ0n) is 17.1. The van der Waals surface area contributed by atoms with Gasteiger partial charge in [-0.25, -0.2) is 4.68 Å². The molecule has 5 nitrogen and oxygen atoms in total. The summed E-state index contributed by atoms with van der Waals surface area (Å²) in [5, 5.41) is 6.40. The molecular formula is C23H21F3N4O. The number of para-hydroxylation sites is 1. The minimum absolute atomic E-state index is 0.229. The predicted octanol–water partition coefficient (Wildman–Crippen LogP) is 5.30. The predicted molar refractivity (Wildman–Crippen MR) is 114 cm³/mol. The highest BCUT2D eigenvalue weighted by Crippen LogP contribution is 2.30. The number of aryl methyl sites for hydroxylation is 1. The van der Waals surface area contributed by atoms with Gasteiger partial charge in [0.25, 0.3) is 5.91 Å². The van der Waals surface area contributed by atoms with Crippen LogP contribution in [0.5, 0.6) is 0 Å². The average Bonchev–Trinajstić information content (AvgIpc) is 3.20. The average molecular weight is 426 g/mol. The standard InChI is InChI=1S/C23H21F3N4O/c1-15-9-7-8-12-19(15)30-20(14-21(29-30)23(24,25)26)22(31)28-18(13-16(2)27-3)17-10-5-4-6-11-17/h4-10,12-14H,3,11H2,1-2H3,(H,28,31)/b16-13-,18-17+. The largest absolute Gasteiger partial charge is 0.435 e. The van der Waals surface area contributed by atoms with Crippen molar-refractivity contribution in [2.75, 3.05) is 0 Å². The Labute approximate surface area is 178 Å². The van der Waals surface area contributed by atoms with E-state index in [-0.39, 0.29) is 5.69 Å². The first-order valence-electron chi connectivity index (χ1n) is 9.46. The molecule has 0 radical (unpaired) electrons. The van der Waals surface area contributed by atoms with Crippen LogP contribution in [0.15, 0.2) is 82.7 Å². The number of carbonyl (C=O) groups excluding carboxylic acids is 1. The number of nitrogens with zero attached hydrogens (tertiary/aromatic N) is 3. The van der Waals surface area contributed by atoms with Gasteiger partial charge < -0.3 is 5.32 Å². The fourth-order valence-electron chi connectivity index (χ4n) is 3.03. The fourth-order valence-corrected chi connectivity index (χ4v) is 3.03. The molecule has 2 aromatic rings. The minimum atomic E-state index is -4.69. The summed E-state index contributed by atoms with van der Waals surface area (Å²) in [4.78, 5) is 17.0. The normalized spacial score (nSPS) is 15.7. The molecule has 0 spiro atoms. The Kier molecular flexibility index (Phi) is 6.39. The highest BCUT2D eigenvalue weighted by molar-refractivity contribution is 5.95. The van der Waals surface area contributed by atoms with Gasteiger partial charge in [-0.05, 0) is 50.3 Å². The molecule has 31 heavy (non-hydrogen) atoms. The molecule has 8 heteroatoms. The molecule has 160 valence electrons. The Morgan fingerprint density at radius 1 is 1.29 bits per heavy atom. The lowest BCUT2D eigenvalue weighted by Crippen LogP contribution is -2.26. The first kappa shape index (κ1) is 22.0. The van der Waals surface area contributed by atoms with Gasteiger partial charge in [0.05, 0.1) is 5.69 Å². The van der Waals surface area contributed by atoms with E-state index >= 15 is 0 Å². The first-order chi connectivity index (χ1) is 14.7. The van der Waals surface area contributed by atoms with Crippen molar-refractivity contribution in [2.45, 2.75) is 26.4 Å². The van der Waals surface area contributed by atoms with E-state index in [1.54, 1.807) is 44.2 Å². The van der Waals surface area contributed by atoms with Crippen LogP contribution in [0.3, 0.4) is 0 Å². The molecule has 1 N–H and O–H groups in total. The molecule has 0 saturated carbocycles. The molecular weight excluding hydrogens is 405 g/mol. The maximum absolute atomic E-state index is 13.4. The maximum atomic E-state index is 13.4. The third-order valence-electron chi connectivity index (χ3n) is 4.66. The summed E-state index contributed by atoms with van der Waals surface area (Å²) in [6, 6.07) is 7.53. The molecule has 1 heterocycles. The summed E-state index contributed by atoms with van der Waals surface area (Å²) in [7, 11) is 0. The van der Waals surface area contributed by atoms with Crippen molar-refractivity contribution in [3.8, 4) is 5.69 Å². The first-order valence-corrected chi connectivity index (χ1v) is 9.46. The number of amides is 1. The number of hydrogen-bond acceptors (Lipinski definition) is 3. The van der Waals surface area contributed by atoms with Crippen molar-refractivity contribution in [3.63, 3.8) is 0 Å². The summed E-state index contributed by atoms with van der Waals surface area (Å²) in [6.45, 7) is 6.91. The topological polar surface area (TPSA) is 59.3 Å². The van der Waals surface area contributed by atoms with Gasteiger partial charge in [0.15, 0.2) is 5.69 Å². The van der Waals surface area contributed by atoms with Crippen molar-refractivity contribution in [1.82, 2.24) is 15.1 Å². The zero-order chi connectivity index (χ0) is 22.6. The summed E-state index contributed by atoms with van der Waals surface area (Å²) in [6.07, 6.45) is 4.90. The van der Waals surface area contributed by atoms with Gasteiger partial charge in [-0.1, -0.05) is 42.5 Å². The summed E-state index contributed by atoms with van der Waals surface area (Å²) in [5.41, 5.74) is 1.46. The van der Waals surface area contributed by atoms with E-state index in [2.05, 4.69) is 22.1 Å². The highest BCUT2D eigenvalue weighted by atomic mass is 19.4. The molecule has 1 aliphatic rings. The number of rotatable bonds is 5. The van der Waals surface area contributed by atoms with Gasteiger partial charge in [-0.3, -0.25) is 9.79 Å². The lowest BCUT2D eigenvalue weighted by molar-refractivity contribution is -0.141. The number of hydrogen-bond donors (Lipinski definition) is 1. The highest BCUT2D eigenvalue weighted by Gasteiger charge is 2.36. The number of aromatic nitrogens is 2. The summed E-state index contributed by atoms with van der Waals surface area (Å²) < 4.78 is 41.1. The smallest absolute Gasteiger partial charge is 0.320 e. The molecule has 0 unspecified atom stereocenters. The molecule has 3 rings (SSSR count). The van der Waals surface area contributed by atoms with Crippen LogP contribution in [0, 0.1) is 6.92 Å². The third-order valence-corrected chi connectivity index (χ3v) is 4.66. The van der Waals surface area contributed by atoms with Crippen LogP contribution in [0.4, 0.5) is 13.2 Å². The van der Waals surface area contributed by atoms with E-state index in [1.807, 2.05) is 24.3 Å². The maximum Gasteiger partial charge on any atom is 0.435 e. The van der Waals surface area contributed by atoms with E-state index in [0.717, 1.165) is 16.3 Å². The van der Waals surface area contributed by atoms with Crippen LogP contribution in [0.1, 0.15) is 35.1 Å². The van der Waals surface area contributed by atoms with Gasteiger partial charge in [0, 0.05) is 17.5 Å². The molecule has 0 fully saturated rings. The Balaban J connectivity index is 2.08. The van der Waals surface area contributed by atoms with Crippen LogP contribution in [-0.2, 0) is 6.18 Å². The number of halogens is 3. The van der Waals surface area contributed by atoms with Gasteiger partial charge in [0.1, 0.15) is 5.69 Å². The second-order valence-corrected chi connectivity index (χ2v) is 6.94. The number of aliphatic imine (C=N–C) groups is 1. The number of alkyl halides is 3.